The van der Waals surface area contributed by atoms with Gasteiger partial charge in [0.2, 0.25) is 0 Å². The molecule has 0 amide bonds. The van der Waals surface area contributed by atoms with Crippen LogP contribution in [0.5, 0.6) is 0 Å². The summed E-state index contributed by atoms with van der Waals surface area (Å²) < 4.78 is 11.2. The average Bonchev–Trinajstić information content (AvgIpc) is 2.42. The summed E-state index contributed by atoms with van der Waals surface area (Å²) in [6.45, 7) is 6.50. The third kappa shape index (κ3) is 1.54. The predicted molar refractivity (Wildman–Crippen MR) is 47.1 cm³/mol. The Morgan fingerprint density at radius 1 is 1.17 bits per heavy atom. The van der Waals surface area contributed by atoms with E-state index in [0.29, 0.717) is 0 Å². The van der Waals surface area contributed by atoms with Gasteiger partial charge in [-0.2, -0.15) is 0 Å². The molecule has 0 N–H and O–H groups in total. The number of hydrogen-bond acceptors (Lipinski definition) is 2. The van der Waals surface area contributed by atoms with Gasteiger partial charge in [0, 0.05) is 13.0 Å². The largest absolute Gasteiger partial charge is 0.378 e. The first-order valence-electron chi connectivity index (χ1n) is 4.69. The Kier molecular flexibility index (Phi) is 2.20. The van der Waals surface area contributed by atoms with Gasteiger partial charge in [0.05, 0.1) is 18.8 Å². The van der Waals surface area contributed by atoms with E-state index in [2.05, 4.69) is 6.58 Å². The van der Waals surface area contributed by atoms with Crippen LogP contribution in [0.2, 0.25) is 0 Å². The SMILES string of the molecule is C=C1CCOC2(CCOC2)CC1. The summed E-state index contributed by atoms with van der Waals surface area (Å²) in [7, 11) is 0. The molecule has 0 aliphatic carbocycles. The highest BCUT2D eigenvalue weighted by atomic mass is 16.6. The van der Waals surface area contributed by atoms with E-state index < -0.39 is 0 Å². The second-order valence-corrected chi connectivity index (χ2v) is 3.83. The van der Waals surface area contributed by atoms with Gasteiger partial charge in [0.25, 0.3) is 0 Å². The zero-order valence-electron chi connectivity index (χ0n) is 7.47. The fourth-order valence-electron chi connectivity index (χ4n) is 1.91. The Bertz CT molecular complexity index is 180. The van der Waals surface area contributed by atoms with Crippen molar-refractivity contribution in [1.29, 1.82) is 0 Å². The fourth-order valence-corrected chi connectivity index (χ4v) is 1.91. The molecule has 2 heterocycles. The van der Waals surface area contributed by atoms with Crippen LogP contribution in [0.25, 0.3) is 0 Å². The third-order valence-electron chi connectivity index (χ3n) is 2.87. The van der Waals surface area contributed by atoms with Crippen molar-refractivity contribution >= 4 is 0 Å². The molecular weight excluding hydrogens is 152 g/mol. The van der Waals surface area contributed by atoms with Crippen molar-refractivity contribution in [2.75, 3.05) is 19.8 Å². The topological polar surface area (TPSA) is 18.5 Å². The maximum atomic E-state index is 5.84. The van der Waals surface area contributed by atoms with Gasteiger partial charge in [-0.25, -0.2) is 0 Å². The van der Waals surface area contributed by atoms with E-state index in [1.54, 1.807) is 0 Å². The molecule has 0 radical (unpaired) electrons. The van der Waals surface area contributed by atoms with E-state index in [0.717, 1.165) is 45.5 Å². The Morgan fingerprint density at radius 3 is 2.83 bits per heavy atom. The second-order valence-electron chi connectivity index (χ2n) is 3.83. The summed E-state index contributed by atoms with van der Waals surface area (Å²) in [5.41, 5.74) is 1.39. The minimum Gasteiger partial charge on any atom is -0.378 e. The molecule has 2 fully saturated rings. The highest BCUT2D eigenvalue weighted by Crippen LogP contribution is 2.32. The highest BCUT2D eigenvalue weighted by molar-refractivity contribution is 5.00. The van der Waals surface area contributed by atoms with Crippen LogP contribution in [0.3, 0.4) is 0 Å². The fraction of sp³-hybridized carbons (Fsp3) is 0.800. The predicted octanol–water partition coefficient (Wildman–Crippen LogP) is 1.90. The lowest BCUT2D eigenvalue weighted by Gasteiger charge is -2.25. The molecule has 2 rings (SSSR count). The third-order valence-corrected chi connectivity index (χ3v) is 2.87. The monoisotopic (exact) mass is 168 g/mol. The lowest BCUT2D eigenvalue weighted by molar-refractivity contribution is -0.0459. The second kappa shape index (κ2) is 3.19. The number of rotatable bonds is 0. The van der Waals surface area contributed by atoms with Crippen LogP contribution in [0.15, 0.2) is 12.2 Å². The van der Waals surface area contributed by atoms with Gasteiger partial charge >= 0.3 is 0 Å². The summed E-state index contributed by atoms with van der Waals surface area (Å²) in [6.07, 6.45) is 4.32. The minimum atomic E-state index is 0.0550. The Labute approximate surface area is 73.5 Å². The van der Waals surface area contributed by atoms with Crippen LogP contribution in [0, 0.1) is 0 Å². The van der Waals surface area contributed by atoms with Gasteiger partial charge in [0.1, 0.15) is 0 Å². The van der Waals surface area contributed by atoms with Crippen LogP contribution < -0.4 is 0 Å². The zero-order valence-corrected chi connectivity index (χ0v) is 7.47. The standard InChI is InChI=1S/C10H16O2/c1-9-2-4-10(12-6-3-9)5-7-11-8-10/h1-8H2. The lowest BCUT2D eigenvalue weighted by Crippen LogP contribution is -2.32. The highest BCUT2D eigenvalue weighted by Gasteiger charge is 2.36. The molecule has 1 spiro atoms. The van der Waals surface area contributed by atoms with Crippen LogP contribution in [0.4, 0.5) is 0 Å². The smallest absolute Gasteiger partial charge is 0.0939 e. The first-order valence-corrected chi connectivity index (χ1v) is 4.69. The van der Waals surface area contributed by atoms with E-state index in [1.807, 2.05) is 0 Å². The molecule has 0 aromatic rings. The maximum Gasteiger partial charge on any atom is 0.0939 e. The van der Waals surface area contributed by atoms with Crippen molar-refractivity contribution in [3.63, 3.8) is 0 Å². The normalized spacial score (nSPS) is 37.2. The molecule has 2 saturated heterocycles. The number of hydrogen-bond donors (Lipinski definition) is 0. The average molecular weight is 168 g/mol. The molecular formula is C10H16O2. The molecule has 0 aromatic carbocycles. The Balaban J connectivity index is 2.01. The first kappa shape index (κ1) is 8.27. The van der Waals surface area contributed by atoms with Gasteiger partial charge < -0.3 is 9.47 Å². The van der Waals surface area contributed by atoms with E-state index in [-0.39, 0.29) is 5.60 Å². The summed E-state index contributed by atoms with van der Waals surface area (Å²) in [5, 5.41) is 0. The zero-order chi connectivity index (χ0) is 8.44. The van der Waals surface area contributed by atoms with Crippen molar-refractivity contribution in [3.8, 4) is 0 Å². The van der Waals surface area contributed by atoms with Gasteiger partial charge in [-0.15, -0.1) is 0 Å². The van der Waals surface area contributed by atoms with Crippen LogP contribution in [-0.2, 0) is 9.47 Å². The van der Waals surface area contributed by atoms with Crippen molar-refractivity contribution in [2.24, 2.45) is 0 Å². The molecule has 1 atom stereocenters. The van der Waals surface area contributed by atoms with Crippen LogP contribution in [-0.4, -0.2) is 25.4 Å². The molecule has 1 unspecified atom stereocenters. The molecule has 12 heavy (non-hydrogen) atoms. The summed E-state index contributed by atoms with van der Waals surface area (Å²) in [4.78, 5) is 0. The van der Waals surface area contributed by atoms with Crippen LogP contribution in [0.1, 0.15) is 25.7 Å². The van der Waals surface area contributed by atoms with E-state index in [9.17, 15) is 0 Å². The first-order chi connectivity index (χ1) is 5.81. The molecule has 0 saturated carbocycles. The molecule has 2 aliphatic heterocycles. The molecule has 2 nitrogen and oxygen atoms in total. The molecule has 2 aliphatic rings. The molecule has 0 bridgehead atoms. The molecule has 0 aromatic heterocycles. The maximum absolute atomic E-state index is 5.84. The van der Waals surface area contributed by atoms with E-state index in [1.165, 1.54) is 5.57 Å². The van der Waals surface area contributed by atoms with E-state index in [4.69, 9.17) is 9.47 Å². The van der Waals surface area contributed by atoms with Crippen molar-refractivity contribution in [1.82, 2.24) is 0 Å². The lowest BCUT2D eigenvalue weighted by atomic mass is 9.95. The van der Waals surface area contributed by atoms with Crippen molar-refractivity contribution in [2.45, 2.75) is 31.3 Å². The molecule has 68 valence electrons. The minimum absolute atomic E-state index is 0.0550. The van der Waals surface area contributed by atoms with Crippen molar-refractivity contribution < 1.29 is 9.47 Å². The quantitative estimate of drug-likeness (QED) is 0.514. The Hall–Kier alpha value is -0.340. The molecule has 2 heteroatoms. The summed E-state index contributed by atoms with van der Waals surface area (Å²) in [6, 6.07) is 0. The summed E-state index contributed by atoms with van der Waals surface area (Å²) >= 11 is 0. The van der Waals surface area contributed by atoms with E-state index >= 15 is 0 Å². The van der Waals surface area contributed by atoms with Gasteiger partial charge in [-0.1, -0.05) is 12.2 Å². The van der Waals surface area contributed by atoms with Gasteiger partial charge in [-0.3, -0.25) is 0 Å². The number of ether oxygens (including phenoxy) is 2. The Morgan fingerprint density at radius 2 is 2.08 bits per heavy atom. The summed E-state index contributed by atoms with van der Waals surface area (Å²) in [5.74, 6) is 0. The van der Waals surface area contributed by atoms with Gasteiger partial charge in [0.15, 0.2) is 0 Å². The van der Waals surface area contributed by atoms with Crippen LogP contribution >= 0.6 is 0 Å². The van der Waals surface area contributed by atoms with Gasteiger partial charge in [-0.05, 0) is 19.3 Å². The van der Waals surface area contributed by atoms with Crippen molar-refractivity contribution in [3.05, 3.63) is 12.2 Å².